The minimum Gasteiger partial charge on any atom is -0.469 e. The Balaban J connectivity index is 2.46. The van der Waals surface area contributed by atoms with Gasteiger partial charge in [-0.25, -0.2) is 0 Å². The molecule has 2 unspecified atom stereocenters. The molecule has 1 rings (SSSR count). The van der Waals surface area contributed by atoms with Gasteiger partial charge >= 0.3 is 11.9 Å². The summed E-state index contributed by atoms with van der Waals surface area (Å²) in [6, 6.07) is 0. The van der Waals surface area contributed by atoms with Crippen LogP contribution < -0.4 is 0 Å². The lowest BCUT2D eigenvalue weighted by Crippen LogP contribution is -2.20. The van der Waals surface area contributed by atoms with Crippen molar-refractivity contribution in [2.75, 3.05) is 13.7 Å². The van der Waals surface area contributed by atoms with E-state index in [0.29, 0.717) is 19.4 Å². The van der Waals surface area contributed by atoms with Crippen molar-refractivity contribution in [3.05, 3.63) is 0 Å². The summed E-state index contributed by atoms with van der Waals surface area (Å²) < 4.78 is 9.52. The molecule has 19 heavy (non-hydrogen) atoms. The largest absolute Gasteiger partial charge is 0.469 e. The average molecular weight is 270 g/mol. The third kappa shape index (κ3) is 5.01. The molecule has 0 aromatic carbocycles. The van der Waals surface area contributed by atoms with Gasteiger partial charge in [0.1, 0.15) is 12.2 Å². The quantitative estimate of drug-likeness (QED) is 0.433. The number of carbonyl (C=O) groups excluding carboxylic acids is 3. The van der Waals surface area contributed by atoms with Gasteiger partial charge in [0.05, 0.1) is 19.6 Å². The van der Waals surface area contributed by atoms with Gasteiger partial charge in [-0.1, -0.05) is 6.42 Å². The SMILES string of the molecule is CCOC(=O)CC(=O)C1CCCC(C(=O)OC)CC1. The molecular weight excluding hydrogens is 248 g/mol. The highest BCUT2D eigenvalue weighted by atomic mass is 16.5. The van der Waals surface area contributed by atoms with E-state index in [9.17, 15) is 14.4 Å². The molecule has 0 heterocycles. The van der Waals surface area contributed by atoms with Crippen LogP contribution in [0.2, 0.25) is 0 Å². The van der Waals surface area contributed by atoms with Crippen LogP contribution in [0.15, 0.2) is 0 Å². The summed E-state index contributed by atoms with van der Waals surface area (Å²) in [7, 11) is 1.39. The van der Waals surface area contributed by atoms with E-state index in [1.54, 1.807) is 6.92 Å². The van der Waals surface area contributed by atoms with Gasteiger partial charge < -0.3 is 9.47 Å². The standard InChI is InChI=1S/C14H22O5/c1-3-19-13(16)9-12(15)10-5-4-6-11(8-7-10)14(17)18-2/h10-11H,3-9H2,1-2H3. The van der Waals surface area contributed by atoms with Crippen molar-refractivity contribution in [2.24, 2.45) is 11.8 Å². The van der Waals surface area contributed by atoms with Gasteiger partial charge in [0, 0.05) is 5.92 Å². The molecule has 1 saturated carbocycles. The summed E-state index contributed by atoms with van der Waals surface area (Å²) in [5.74, 6) is -0.951. The summed E-state index contributed by atoms with van der Waals surface area (Å²) in [5, 5.41) is 0. The lowest BCUT2D eigenvalue weighted by atomic mass is 9.93. The minimum atomic E-state index is -0.457. The number of methoxy groups -OCH3 is 1. The smallest absolute Gasteiger partial charge is 0.313 e. The predicted octanol–water partition coefficient (Wildman–Crippen LogP) is 1.88. The van der Waals surface area contributed by atoms with Crippen molar-refractivity contribution >= 4 is 17.7 Å². The van der Waals surface area contributed by atoms with Crippen LogP contribution in [0, 0.1) is 11.8 Å². The van der Waals surface area contributed by atoms with Crippen LogP contribution in [0.5, 0.6) is 0 Å². The van der Waals surface area contributed by atoms with Crippen molar-refractivity contribution in [3.63, 3.8) is 0 Å². The molecule has 0 N–H and O–H groups in total. The number of carbonyl (C=O) groups is 3. The molecule has 0 spiro atoms. The lowest BCUT2D eigenvalue weighted by molar-refractivity contribution is -0.147. The minimum absolute atomic E-state index is 0.0658. The number of esters is 2. The second kappa shape index (κ2) is 7.92. The molecule has 108 valence electrons. The Labute approximate surface area is 113 Å². The summed E-state index contributed by atoms with van der Waals surface area (Å²) in [4.78, 5) is 34.7. The molecule has 1 aliphatic carbocycles. The summed E-state index contributed by atoms with van der Waals surface area (Å²) >= 11 is 0. The Morgan fingerprint density at radius 3 is 2.32 bits per heavy atom. The summed E-state index contributed by atoms with van der Waals surface area (Å²) in [6.45, 7) is 2.01. The van der Waals surface area contributed by atoms with Gasteiger partial charge in [-0.3, -0.25) is 14.4 Å². The first-order valence-electron chi connectivity index (χ1n) is 6.84. The molecule has 0 amide bonds. The molecule has 5 nitrogen and oxygen atoms in total. The van der Waals surface area contributed by atoms with Gasteiger partial charge in [-0.15, -0.1) is 0 Å². The van der Waals surface area contributed by atoms with E-state index in [1.165, 1.54) is 7.11 Å². The molecule has 2 atom stereocenters. The highest BCUT2D eigenvalue weighted by Gasteiger charge is 2.28. The van der Waals surface area contributed by atoms with Crippen LogP contribution in [-0.4, -0.2) is 31.4 Å². The van der Waals surface area contributed by atoms with E-state index in [0.717, 1.165) is 19.3 Å². The van der Waals surface area contributed by atoms with E-state index in [2.05, 4.69) is 0 Å². The average Bonchev–Trinajstić information content (AvgIpc) is 2.63. The molecule has 1 aliphatic rings. The molecule has 0 aromatic heterocycles. The van der Waals surface area contributed by atoms with Crippen molar-refractivity contribution in [2.45, 2.75) is 45.4 Å². The van der Waals surface area contributed by atoms with Crippen LogP contribution in [-0.2, 0) is 23.9 Å². The summed E-state index contributed by atoms with van der Waals surface area (Å²) in [5.41, 5.74) is 0. The molecule has 1 fully saturated rings. The van der Waals surface area contributed by atoms with E-state index in [1.807, 2.05) is 0 Å². The molecule has 0 bridgehead atoms. The van der Waals surface area contributed by atoms with E-state index >= 15 is 0 Å². The molecular formula is C14H22O5. The first-order chi connectivity index (χ1) is 9.08. The highest BCUT2D eigenvalue weighted by molar-refractivity contribution is 5.96. The maximum Gasteiger partial charge on any atom is 0.313 e. The van der Waals surface area contributed by atoms with Crippen molar-refractivity contribution in [1.82, 2.24) is 0 Å². The fourth-order valence-electron chi connectivity index (χ4n) is 2.52. The summed E-state index contributed by atoms with van der Waals surface area (Å²) in [6.07, 6.45) is 3.48. The second-order valence-corrected chi connectivity index (χ2v) is 4.87. The zero-order chi connectivity index (χ0) is 14.3. The fourth-order valence-corrected chi connectivity index (χ4v) is 2.52. The van der Waals surface area contributed by atoms with Gasteiger partial charge in [0.2, 0.25) is 0 Å². The van der Waals surface area contributed by atoms with E-state index in [-0.39, 0.29) is 30.0 Å². The van der Waals surface area contributed by atoms with Crippen LogP contribution >= 0.6 is 0 Å². The molecule has 0 saturated heterocycles. The Morgan fingerprint density at radius 2 is 1.68 bits per heavy atom. The highest BCUT2D eigenvalue weighted by Crippen LogP contribution is 2.29. The zero-order valence-electron chi connectivity index (χ0n) is 11.6. The van der Waals surface area contributed by atoms with Gasteiger partial charge in [0.15, 0.2) is 0 Å². The van der Waals surface area contributed by atoms with E-state index in [4.69, 9.17) is 9.47 Å². The number of ether oxygens (including phenoxy) is 2. The number of rotatable bonds is 5. The van der Waals surface area contributed by atoms with Crippen molar-refractivity contribution in [1.29, 1.82) is 0 Å². The predicted molar refractivity (Wildman–Crippen MR) is 68.3 cm³/mol. The Kier molecular flexibility index (Phi) is 6.53. The number of Topliss-reactive ketones (excluding diaryl/α,β-unsaturated/α-hetero) is 1. The van der Waals surface area contributed by atoms with Crippen LogP contribution in [0.3, 0.4) is 0 Å². The Bertz CT molecular complexity index is 337. The third-order valence-electron chi connectivity index (χ3n) is 3.58. The maximum atomic E-state index is 12.0. The first-order valence-corrected chi connectivity index (χ1v) is 6.84. The fraction of sp³-hybridized carbons (Fsp3) is 0.786. The van der Waals surface area contributed by atoms with Crippen LogP contribution in [0.4, 0.5) is 0 Å². The lowest BCUT2D eigenvalue weighted by Gasteiger charge is -2.13. The maximum absolute atomic E-state index is 12.0. The number of hydrogen-bond donors (Lipinski definition) is 0. The number of ketones is 1. The van der Waals surface area contributed by atoms with E-state index < -0.39 is 5.97 Å². The Morgan fingerprint density at radius 1 is 1.05 bits per heavy atom. The van der Waals surface area contributed by atoms with Crippen LogP contribution in [0.25, 0.3) is 0 Å². The molecule has 0 aromatic rings. The number of hydrogen-bond acceptors (Lipinski definition) is 5. The van der Waals surface area contributed by atoms with Gasteiger partial charge in [-0.05, 0) is 32.6 Å². The van der Waals surface area contributed by atoms with Crippen molar-refractivity contribution < 1.29 is 23.9 Å². The topological polar surface area (TPSA) is 69.7 Å². The van der Waals surface area contributed by atoms with Crippen LogP contribution in [0.1, 0.15) is 45.4 Å². The monoisotopic (exact) mass is 270 g/mol. The molecule has 0 radical (unpaired) electrons. The zero-order valence-corrected chi connectivity index (χ0v) is 11.6. The first kappa shape index (κ1) is 15.7. The third-order valence-corrected chi connectivity index (χ3v) is 3.58. The van der Waals surface area contributed by atoms with Gasteiger partial charge in [-0.2, -0.15) is 0 Å². The second-order valence-electron chi connectivity index (χ2n) is 4.87. The van der Waals surface area contributed by atoms with Crippen molar-refractivity contribution in [3.8, 4) is 0 Å². The normalized spacial score (nSPS) is 23.3. The Hall–Kier alpha value is -1.39. The molecule has 0 aliphatic heterocycles. The van der Waals surface area contributed by atoms with Gasteiger partial charge in [0.25, 0.3) is 0 Å². The molecule has 5 heteroatoms.